The van der Waals surface area contributed by atoms with Crippen molar-refractivity contribution in [1.82, 2.24) is 9.80 Å². The van der Waals surface area contributed by atoms with Gasteiger partial charge in [-0.2, -0.15) is 0 Å². The summed E-state index contributed by atoms with van der Waals surface area (Å²) in [7, 11) is 4.21. The number of carbonyl (C=O) groups excluding carboxylic acids is 2. The number of fused-ring (bicyclic) bond motifs is 7. The number of Topliss-reactive ketones (excluding diaryl/α,β-unsaturated/α-hetero) is 1. The van der Waals surface area contributed by atoms with Crippen LogP contribution < -0.4 is 0 Å². The molecule has 0 amide bonds. The van der Waals surface area contributed by atoms with E-state index in [1.54, 1.807) is 0 Å². The van der Waals surface area contributed by atoms with Crippen LogP contribution in [0.1, 0.15) is 132 Å². The summed E-state index contributed by atoms with van der Waals surface area (Å²) in [6, 6.07) is 8.10. The summed E-state index contributed by atoms with van der Waals surface area (Å²) in [5.74, 6) is 1.84. The standard InChI is InChI=1S/C51H75ClN2O4/c1-11-58-46(57)36-16-14-35(15-17-36)38-22-24-48(6)41(47(38,4)5)23-25-50(8)42(48)21-20-39-45-44(33(2)3)40(55)30-51(45,27-26-49(39,50)7)43(56)32-54(29-28-53(9)10)31-34-12-18-37(52)19-13-34/h12-14,18-19,22,33,36,39,41-43,56H,11,15-17,20-21,23-32H2,1-10H3/t36?,39-,41+,42-,43?,48+,49-,50-,51+/m1/s1. The fraction of sp³-hybridized carbons (Fsp3) is 0.725. The Labute approximate surface area is 356 Å². The molecule has 6 aliphatic carbocycles. The lowest BCUT2D eigenvalue weighted by Crippen LogP contribution is -2.65. The lowest BCUT2D eigenvalue weighted by atomic mass is 9.33. The fourth-order valence-electron chi connectivity index (χ4n) is 14.6. The Hall–Kier alpha value is -2.25. The number of halogens is 1. The number of benzene rings is 1. The molecule has 1 aromatic rings. The van der Waals surface area contributed by atoms with Crippen LogP contribution in [0.2, 0.25) is 5.02 Å². The van der Waals surface area contributed by atoms with E-state index in [1.165, 1.54) is 41.5 Å². The Morgan fingerprint density at radius 2 is 1.66 bits per heavy atom. The minimum absolute atomic E-state index is 0.0132. The highest BCUT2D eigenvalue weighted by atomic mass is 35.5. The Balaban J connectivity index is 1.18. The third-order valence-corrected chi connectivity index (χ3v) is 17.9. The van der Waals surface area contributed by atoms with E-state index < -0.39 is 11.5 Å². The maximum atomic E-state index is 14.4. The molecule has 58 heavy (non-hydrogen) atoms. The third kappa shape index (κ3) is 7.24. The van der Waals surface area contributed by atoms with Gasteiger partial charge in [0.05, 0.1) is 18.6 Å². The monoisotopic (exact) mass is 815 g/mol. The first-order chi connectivity index (χ1) is 27.3. The van der Waals surface area contributed by atoms with Crippen molar-refractivity contribution in [3.8, 4) is 0 Å². The minimum atomic E-state index is -0.621. The second-order valence-corrected chi connectivity index (χ2v) is 22.0. The average molecular weight is 816 g/mol. The van der Waals surface area contributed by atoms with Crippen molar-refractivity contribution in [1.29, 1.82) is 0 Å². The van der Waals surface area contributed by atoms with E-state index >= 15 is 0 Å². The fourth-order valence-corrected chi connectivity index (χ4v) is 14.8. The van der Waals surface area contributed by atoms with Crippen LogP contribution in [0.25, 0.3) is 0 Å². The number of ether oxygens (including phenoxy) is 1. The van der Waals surface area contributed by atoms with E-state index in [0.29, 0.717) is 37.3 Å². The number of hydrogen-bond acceptors (Lipinski definition) is 6. The van der Waals surface area contributed by atoms with Crippen molar-refractivity contribution in [2.24, 2.45) is 56.7 Å². The van der Waals surface area contributed by atoms with Gasteiger partial charge in [0, 0.05) is 43.0 Å². The molecule has 9 atom stereocenters. The first kappa shape index (κ1) is 43.8. The summed E-state index contributed by atoms with van der Waals surface area (Å²) >= 11 is 6.26. The van der Waals surface area contributed by atoms with E-state index in [0.717, 1.165) is 75.2 Å². The van der Waals surface area contributed by atoms with Gasteiger partial charge in [0.15, 0.2) is 5.78 Å². The minimum Gasteiger partial charge on any atom is -0.466 e. The largest absolute Gasteiger partial charge is 0.466 e. The zero-order chi connectivity index (χ0) is 42.0. The normalized spacial score (nSPS) is 36.2. The number of nitrogens with zero attached hydrogens (tertiary/aromatic N) is 2. The van der Waals surface area contributed by atoms with Crippen molar-refractivity contribution < 1.29 is 19.4 Å². The smallest absolute Gasteiger partial charge is 0.309 e. The number of aliphatic hydroxyl groups excluding tert-OH is 1. The third-order valence-electron chi connectivity index (χ3n) is 17.7. The number of ketones is 1. The van der Waals surface area contributed by atoms with Crippen LogP contribution in [-0.2, 0) is 20.9 Å². The van der Waals surface area contributed by atoms with Gasteiger partial charge in [-0.25, -0.2) is 0 Å². The maximum absolute atomic E-state index is 14.4. The first-order valence-corrected chi connectivity index (χ1v) is 23.3. The molecule has 0 heterocycles. The molecular weight excluding hydrogens is 740 g/mol. The van der Waals surface area contributed by atoms with Crippen LogP contribution in [0.3, 0.4) is 0 Å². The van der Waals surface area contributed by atoms with Gasteiger partial charge in [-0.1, -0.05) is 89.9 Å². The van der Waals surface area contributed by atoms with Gasteiger partial charge in [0.1, 0.15) is 0 Å². The van der Waals surface area contributed by atoms with Gasteiger partial charge in [0.2, 0.25) is 0 Å². The SMILES string of the molecule is CCOC(=O)C1CC=C(C2=CC[C@]3(C)[C@H]4CC[C@@H]5C6=C(C(C)C)C(=O)C[C@]6(C(O)CN(CCN(C)C)Cc6ccc(Cl)cc6)CC[C@@]5(C)[C@]4(C)CC[C@H]3C2(C)C)CC1. The van der Waals surface area contributed by atoms with Crippen LogP contribution in [0, 0.1) is 56.7 Å². The Morgan fingerprint density at radius 1 is 0.931 bits per heavy atom. The summed E-state index contributed by atoms with van der Waals surface area (Å²) in [5.41, 5.74) is 6.49. The molecule has 6 aliphatic rings. The molecule has 1 aromatic carbocycles. The molecule has 0 aliphatic heterocycles. The summed E-state index contributed by atoms with van der Waals surface area (Å²) in [6.07, 6.45) is 15.2. The lowest BCUT2D eigenvalue weighted by Gasteiger charge is -2.71. The van der Waals surface area contributed by atoms with E-state index in [-0.39, 0.29) is 45.2 Å². The molecule has 1 N–H and O–H groups in total. The summed E-state index contributed by atoms with van der Waals surface area (Å²) in [5, 5.41) is 13.5. The Bertz CT molecular complexity index is 1830. The number of carbonyl (C=O) groups is 2. The number of esters is 1. The maximum Gasteiger partial charge on any atom is 0.309 e. The number of allylic oxidation sites excluding steroid dienone is 5. The van der Waals surface area contributed by atoms with E-state index in [1.807, 2.05) is 19.1 Å². The number of rotatable bonds is 12. The van der Waals surface area contributed by atoms with Crippen molar-refractivity contribution in [3.05, 3.63) is 69.3 Å². The summed E-state index contributed by atoms with van der Waals surface area (Å²) in [6.45, 7) is 22.7. The Morgan fingerprint density at radius 3 is 2.29 bits per heavy atom. The molecule has 2 unspecified atom stereocenters. The van der Waals surface area contributed by atoms with E-state index in [2.05, 4.69) is 96.6 Å². The van der Waals surface area contributed by atoms with Gasteiger partial charge in [-0.3, -0.25) is 14.5 Å². The van der Waals surface area contributed by atoms with Crippen LogP contribution >= 0.6 is 11.6 Å². The van der Waals surface area contributed by atoms with Gasteiger partial charge in [-0.05, 0) is 165 Å². The molecule has 0 aromatic heterocycles. The molecular formula is C51H75ClN2O4. The molecule has 7 rings (SSSR count). The Kier molecular flexibility index (Phi) is 12.3. The molecule has 6 nitrogen and oxygen atoms in total. The predicted molar refractivity (Wildman–Crippen MR) is 236 cm³/mol. The quantitative estimate of drug-likeness (QED) is 0.212. The predicted octanol–water partition coefficient (Wildman–Crippen LogP) is 10.9. The lowest BCUT2D eigenvalue weighted by molar-refractivity contribution is -0.202. The molecule has 0 bridgehead atoms. The van der Waals surface area contributed by atoms with Gasteiger partial charge < -0.3 is 14.7 Å². The highest BCUT2D eigenvalue weighted by molar-refractivity contribution is 6.30. The zero-order valence-electron chi connectivity index (χ0n) is 37.7. The van der Waals surface area contributed by atoms with Crippen molar-refractivity contribution in [2.45, 2.75) is 139 Å². The first-order valence-electron chi connectivity index (χ1n) is 23.0. The molecule has 3 saturated carbocycles. The topological polar surface area (TPSA) is 70.1 Å². The molecule has 3 fully saturated rings. The number of aliphatic hydroxyl groups is 1. The second kappa shape index (κ2) is 16.2. The van der Waals surface area contributed by atoms with E-state index in [4.69, 9.17) is 16.3 Å². The van der Waals surface area contributed by atoms with Crippen molar-refractivity contribution in [3.63, 3.8) is 0 Å². The van der Waals surface area contributed by atoms with Gasteiger partial charge in [-0.15, -0.1) is 0 Å². The number of likely N-dealkylation sites (N-methyl/N-ethyl adjacent to an activating group) is 1. The molecule has 7 heteroatoms. The van der Waals surface area contributed by atoms with Crippen molar-refractivity contribution >= 4 is 23.4 Å². The van der Waals surface area contributed by atoms with Crippen LogP contribution in [0.4, 0.5) is 0 Å². The van der Waals surface area contributed by atoms with Crippen LogP contribution in [-0.4, -0.2) is 73.1 Å². The zero-order valence-corrected chi connectivity index (χ0v) is 38.4. The molecule has 0 radical (unpaired) electrons. The molecule has 0 spiro atoms. The summed E-state index contributed by atoms with van der Waals surface area (Å²) < 4.78 is 5.39. The molecule has 0 saturated heterocycles. The van der Waals surface area contributed by atoms with Crippen LogP contribution in [0.5, 0.6) is 0 Å². The van der Waals surface area contributed by atoms with E-state index in [9.17, 15) is 14.7 Å². The van der Waals surface area contributed by atoms with Crippen molar-refractivity contribution in [2.75, 3.05) is 40.3 Å². The van der Waals surface area contributed by atoms with Crippen LogP contribution in [0.15, 0.2) is 58.7 Å². The second-order valence-electron chi connectivity index (χ2n) is 21.5. The molecule has 320 valence electrons. The summed E-state index contributed by atoms with van der Waals surface area (Å²) in [4.78, 5) is 31.5. The highest BCUT2D eigenvalue weighted by Gasteiger charge is 2.70. The average Bonchev–Trinajstić information content (AvgIpc) is 3.48. The van der Waals surface area contributed by atoms with Gasteiger partial charge >= 0.3 is 5.97 Å². The number of hydrogen-bond donors (Lipinski definition) is 1. The highest BCUT2D eigenvalue weighted by Crippen LogP contribution is 2.77. The van der Waals surface area contributed by atoms with Gasteiger partial charge in [0.25, 0.3) is 0 Å².